The van der Waals surface area contributed by atoms with Crippen molar-refractivity contribution in [2.45, 2.75) is 117 Å². The SMILES string of the molecule is CCCCCCCCCCOC(=O)c1ccc([N+](=O)[O-])cc1C(=O)OCCCCCCCCCC. The molecule has 0 spiro atoms. The minimum Gasteiger partial charge on any atom is -0.462 e. The standard InChI is InChI=1S/C28H45NO6/c1-3-5-7-9-11-13-15-17-21-34-27(30)25-20-19-24(29(32)33)23-26(25)28(31)35-22-18-16-14-12-10-8-6-4-2/h19-20,23H,3-18,21-22H2,1-2H3. The molecule has 198 valence electrons. The van der Waals surface area contributed by atoms with E-state index in [2.05, 4.69) is 13.8 Å². The van der Waals surface area contributed by atoms with Crippen LogP contribution in [0.4, 0.5) is 5.69 Å². The maximum atomic E-state index is 12.6. The van der Waals surface area contributed by atoms with E-state index in [9.17, 15) is 19.7 Å². The van der Waals surface area contributed by atoms with Crippen molar-refractivity contribution >= 4 is 17.6 Å². The van der Waals surface area contributed by atoms with Gasteiger partial charge in [-0.15, -0.1) is 0 Å². The lowest BCUT2D eigenvalue weighted by Crippen LogP contribution is -2.15. The number of nitro groups is 1. The third-order valence-electron chi connectivity index (χ3n) is 6.12. The zero-order valence-corrected chi connectivity index (χ0v) is 21.9. The second-order valence-corrected chi connectivity index (χ2v) is 9.21. The van der Waals surface area contributed by atoms with Gasteiger partial charge in [0.25, 0.3) is 5.69 Å². The number of unbranched alkanes of at least 4 members (excludes halogenated alkanes) is 14. The van der Waals surface area contributed by atoms with Crippen LogP contribution >= 0.6 is 0 Å². The molecule has 0 aromatic heterocycles. The molecule has 0 saturated carbocycles. The summed E-state index contributed by atoms with van der Waals surface area (Å²) in [5.74, 6) is -1.38. The molecule has 1 aromatic rings. The molecular formula is C28H45NO6. The third-order valence-corrected chi connectivity index (χ3v) is 6.12. The summed E-state index contributed by atoms with van der Waals surface area (Å²) in [5, 5.41) is 11.2. The molecule has 0 aliphatic carbocycles. The average Bonchev–Trinajstić information content (AvgIpc) is 2.86. The van der Waals surface area contributed by atoms with Gasteiger partial charge in [0, 0.05) is 12.1 Å². The van der Waals surface area contributed by atoms with E-state index in [1.165, 1.54) is 76.3 Å². The highest BCUT2D eigenvalue weighted by molar-refractivity contribution is 6.03. The lowest BCUT2D eigenvalue weighted by molar-refractivity contribution is -0.384. The Kier molecular flexibility index (Phi) is 17.3. The summed E-state index contributed by atoms with van der Waals surface area (Å²) in [6.07, 6.45) is 18.0. The van der Waals surface area contributed by atoms with Crippen LogP contribution < -0.4 is 0 Å². The van der Waals surface area contributed by atoms with E-state index in [0.29, 0.717) is 0 Å². The molecule has 35 heavy (non-hydrogen) atoms. The zero-order valence-electron chi connectivity index (χ0n) is 21.9. The molecule has 1 rings (SSSR count). The lowest BCUT2D eigenvalue weighted by Gasteiger charge is -2.10. The van der Waals surface area contributed by atoms with Gasteiger partial charge in [-0.3, -0.25) is 10.1 Å². The van der Waals surface area contributed by atoms with Crippen molar-refractivity contribution in [2.24, 2.45) is 0 Å². The number of hydrogen-bond acceptors (Lipinski definition) is 6. The number of carbonyl (C=O) groups is 2. The van der Waals surface area contributed by atoms with Crippen LogP contribution in [0, 0.1) is 10.1 Å². The van der Waals surface area contributed by atoms with Crippen LogP contribution in [-0.2, 0) is 9.47 Å². The highest BCUT2D eigenvalue weighted by Gasteiger charge is 2.23. The molecule has 0 amide bonds. The van der Waals surface area contributed by atoms with Crippen LogP contribution in [0.15, 0.2) is 18.2 Å². The molecule has 0 N–H and O–H groups in total. The number of nitrogens with zero attached hydrogens (tertiary/aromatic N) is 1. The van der Waals surface area contributed by atoms with Gasteiger partial charge in [0.05, 0.1) is 29.3 Å². The molecule has 0 bridgehead atoms. The molecular weight excluding hydrogens is 446 g/mol. The monoisotopic (exact) mass is 491 g/mol. The normalized spacial score (nSPS) is 10.8. The van der Waals surface area contributed by atoms with Gasteiger partial charge in [0.2, 0.25) is 0 Å². The Morgan fingerprint density at radius 2 is 1.06 bits per heavy atom. The maximum absolute atomic E-state index is 12.6. The van der Waals surface area contributed by atoms with E-state index in [-0.39, 0.29) is 30.0 Å². The number of nitro benzene ring substituents is 1. The van der Waals surface area contributed by atoms with Crippen molar-refractivity contribution in [2.75, 3.05) is 13.2 Å². The van der Waals surface area contributed by atoms with E-state index in [4.69, 9.17) is 9.47 Å². The molecule has 0 saturated heterocycles. The molecule has 0 aliphatic heterocycles. The highest BCUT2D eigenvalue weighted by Crippen LogP contribution is 2.21. The van der Waals surface area contributed by atoms with E-state index >= 15 is 0 Å². The van der Waals surface area contributed by atoms with Gasteiger partial charge < -0.3 is 9.47 Å². The molecule has 0 radical (unpaired) electrons. The van der Waals surface area contributed by atoms with Gasteiger partial charge in [-0.2, -0.15) is 0 Å². The third kappa shape index (κ3) is 13.9. The summed E-state index contributed by atoms with van der Waals surface area (Å²) in [7, 11) is 0. The second kappa shape index (κ2) is 19.8. The predicted molar refractivity (Wildman–Crippen MR) is 139 cm³/mol. The number of rotatable bonds is 21. The van der Waals surface area contributed by atoms with Gasteiger partial charge in [-0.25, -0.2) is 9.59 Å². The van der Waals surface area contributed by atoms with E-state index in [0.717, 1.165) is 44.6 Å². The molecule has 0 atom stereocenters. The molecule has 1 aromatic carbocycles. The minimum absolute atomic E-state index is 0.0103. The summed E-state index contributed by atoms with van der Waals surface area (Å²) in [4.78, 5) is 35.8. The number of esters is 2. The van der Waals surface area contributed by atoms with Crippen LogP contribution in [0.1, 0.15) is 137 Å². The van der Waals surface area contributed by atoms with Crippen LogP contribution in [0.2, 0.25) is 0 Å². The fraction of sp³-hybridized carbons (Fsp3) is 0.714. The number of carbonyl (C=O) groups excluding carboxylic acids is 2. The fourth-order valence-corrected chi connectivity index (χ4v) is 3.95. The number of hydrogen-bond donors (Lipinski definition) is 0. The Morgan fingerprint density at radius 3 is 1.49 bits per heavy atom. The second-order valence-electron chi connectivity index (χ2n) is 9.21. The molecule has 0 unspecified atom stereocenters. The number of benzene rings is 1. The minimum atomic E-state index is -0.726. The molecule has 0 heterocycles. The summed E-state index contributed by atoms with van der Waals surface area (Å²) >= 11 is 0. The smallest absolute Gasteiger partial charge is 0.339 e. The Hall–Kier alpha value is -2.44. The van der Waals surface area contributed by atoms with Gasteiger partial charge in [-0.1, -0.05) is 104 Å². The summed E-state index contributed by atoms with van der Waals surface area (Å²) in [5.41, 5.74) is -0.362. The Labute approximate surface area is 211 Å². The van der Waals surface area contributed by atoms with Crippen LogP contribution in [0.25, 0.3) is 0 Å². The van der Waals surface area contributed by atoms with Crippen LogP contribution in [0.3, 0.4) is 0 Å². The fourth-order valence-electron chi connectivity index (χ4n) is 3.95. The first kappa shape index (κ1) is 30.6. The van der Waals surface area contributed by atoms with Crippen LogP contribution in [0.5, 0.6) is 0 Å². The zero-order chi connectivity index (χ0) is 25.7. The van der Waals surface area contributed by atoms with Gasteiger partial charge in [-0.05, 0) is 18.9 Å². The van der Waals surface area contributed by atoms with Crippen molar-refractivity contribution in [1.29, 1.82) is 0 Å². The van der Waals surface area contributed by atoms with Gasteiger partial charge in [0.15, 0.2) is 0 Å². The first-order chi connectivity index (χ1) is 17.0. The quantitative estimate of drug-likeness (QED) is 0.0744. The Morgan fingerprint density at radius 1 is 0.657 bits per heavy atom. The summed E-state index contributed by atoms with van der Waals surface area (Å²) in [6.45, 7) is 4.88. The lowest BCUT2D eigenvalue weighted by atomic mass is 10.1. The highest BCUT2D eigenvalue weighted by atomic mass is 16.6. The number of non-ortho nitro benzene ring substituents is 1. The largest absolute Gasteiger partial charge is 0.462 e. The Bertz CT molecular complexity index is 749. The topological polar surface area (TPSA) is 95.7 Å². The van der Waals surface area contributed by atoms with Crippen molar-refractivity contribution in [3.05, 3.63) is 39.4 Å². The maximum Gasteiger partial charge on any atom is 0.339 e. The molecule has 0 aliphatic rings. The Balaban J connectivity index is 2.48. The first-order valence-electron chi connectivity index (χ1n) is 13.6. The van der Waals surface area contributed by atoms with Crippen molar-refractivity contribution in [3.8, 4) is 0 Å². The van der Waals surface area contributed by atoms with Gasteiger partial charge in [0.1, 0.15) is 0 Å². The first-order valence-corrected chi connectivity index (χ1v) is 13.6. The summed E-state index contributed by atoms with van der Waals surface area (Å²) < 4.78 is 10.7. The molecule has 0 fully saturated rings. The molecule has 7 heteroatoms. The van der Waals surface area contributed by atoms with Gasteiger partial charge >= 0.3 is 11.9 Å². The number of ether oxygens (including phenoxy) is 2. The predicted octanol–water partition coefficient (Wildman–Crippen LogP) is 8.19. The van der Waals surface area contributed by atoms with E-state index in [1.54, 1.807) is 0 Å². The average molecular weight is 492 g/mol. The summed E-state index contributed by atoms with van der Waals surface area (Å²) in [6, 6.07) is 3.59. The van der Waals surface area contributed by atoms with E-state index < -0.39 is 16.9 Å². The van der Waals surface area contributed by atoms with Crippen molar-refractivity contribution < 1.29 is 24.0 Å². The van der Waals surface area contributed by atoms with Crippen molar-refractivity contribution in [3.63, 3.8) is 0 Å². The van der Waals surface area contributed by atoms with Crippen molar-refractivity contribution in [1.82, 2.24) is 0 Å². The van der Waals surface area contributed by atoms with Crippen LogP contribution in [-0.4, -0.2) is 30.1 Å². The molecule has 7 nitrogen and oxygen atoms in total. The van der Waals surface area contributed by atoms with E-state index in [1.807, 2.05) is 0 Å².